The maximum Gasteiger partial charge on any atom is -0.00565 e. The van der Waals surface area contributed by atoms with Gasteiger partial charge in [-0.15, -0.1) is 0 Å². The second kappa shape index (κ2) is 6.29. The molecule has 0 saturated heterocycles. The molecule has 0 amide bonds. The van der Waals surface area contributed by atoms with Gasteiger partial charge in [-0.3, -0.25) is 0 Å². The second-order valence-electron chi connectivity index (χ2n) is 14.4. The summed E-state index contributed by atoms with van der Waals surface area (Å²) >= 11 is 0. The molecule has 0 aromatic heterocycles. The Balaban J connectivity index is 1.58. The van der Waals surface area contributed by atoms with E-state index < -0.39 is 0 Å². The minimum Gasteiger partial charge on any atom is -0.0841 e. The number of allylic oxidation sites excluding steroid dienone is 4. The third-order valence-corrected chi connectivity index (χ3v) is 12.3. The maximum atomic E-state index is 2.84. The van der Waals surface area contributed by atoms with Crippen molar-refractivity contribution in [1.82, 2.24) is 0 Å². The molecule has 0 bridgehead atoms. The molecule has 0 radical (unpaired) electrons. The first-order valence-corrected chi connectivity index (χ1v) is 13.2. The Bertz CT molecular complexity index is 806. The van der Waals surface area contributed by atoms with E-state index in [9.17, 15) is 0 Å². The first kappa shape index (κ1) is 21.3. The van der Waals surface area contributed by atoms with Crippen LogP contribution >= 0.6 is 0 Å². The highest BCUT2D eigenvalue weighted by Crippen LogP contribution is 2.75. The monoisotopic (exact) mass is 408 g/mol. The van der Waals surface area contributed by atoms with Gasteiger partial charge in [0, 0.05) is 0 Å². The summed E-state index contributed by atoms with van der Waals surface area (Å²) in [5.41, 5.74) is 7.91. The van der Waals surface area contributed by atoms with Crippen LogP contribution in [0.5, 0.6) is 0 Å². The van der Waals surface area contributed by atoms with Crippen molar-refractivity contribution in [3.05, 3.63) is 22.8 Å². The maximum absolute atomic E-state index is 2.84. The molecule has 0 heterocycles. The van der Waals surface area contributed by atoms with Gasteiger partial charge < -0.3 is 0 Å². The van der Waals surface area contributed by atoms with Crippen molar-refractivity contribution in [2.24, 2.45) is 44.8 Å². The molecular formula is C30H48. The summed E-state index contributed by atoms with van der Waals surface area (Å²) in [5.74, 6) is 2.57. The number of fused-ring (bicyclic) bond motifs is 7. The van der Waals surface area contributed by atoms with E-state index in [1.54, 1.807) is 5.57 Å². The predicted molar refractivity (Wildman–Crippen MR) is 129 cm³/mol. The molecule has 0 aromatic carbocycles. The van der Waals surface area contributed by atoms with Crippen molar-refractivity contribution in [2.45, 2.75) is 120 Å². The Labute approximate surface area is 187 Å². The van der Waals surface area contributed by atoms with Gasteiger partial charge in [0.25, 0.3) is 0 Å². The van der Waals surface area contributed by atoms with Crippen LogP contribution in [0.25, 0.3) is 0 Å². The smallest absolute Gasteiger partial charge is 0.00565 e. The molecule has 4 saturated carbocycles. The summed E-state index contributed by atoms with van der Waals surface area (Å²) in [5, 5.41) is 0. The third-order valence-electron chi connectivity index (χ3n) is 12.3. The van der Waals surface area contributed by atoms with Crippen molar-refractivity contribution >= 4 is 0 Å². The topological polar surface area (TPSA) is 0 Å². The third kappa shape index (κ3) is 2.58. The summed E-state index contributed by atoms with van der Waals surface area (Å²) in [7, 11) is 0. The zero-order chi connectivity index (χ0) is 21.7. The van der Waals surface area contributed by atoms with Crippen molar-refractivity contribution in [3.63, 3.8) is 0 Å². The minimum absolute atomic E-state index is 0.426. The molecule has 4 fully saturated rings. The molecule has 5 rings (SSSR count). The van der Waals surface area contributed by atoms with Gasteiger partial charge in [-0.1, -0.05) is 64.3 Å². The van der Waals surface area contributed by atoms with Gasteiger partial charge in [0.2, 0.25) is 0 Å². The molecule has 0 unspecified atom stereocenters. The first-order chi connectivity index (χ1) is 13.9. The van der Waals surface area contributed by atoms with E-state index in [0.717, 1.165) is 17.8 Å². The van der Waals surface area contributed by atoms with Crippen molar-refractivity contribution in [1.29, 1.82) is 0 Å². The zero-order valence-electron chi connectivity index (χ0n) is 21.4. The molecule has 0 spiro atoms. The van der Waals surface area contributed by atoms with Crippen molar-refractivity contribution in [3.8, 4) is 0 Å². The van der Waals surface area contributed by atoms with Gasteiger partial charge in [0.05, 0.1) is 0 Å². The van der Waals surface area contributed by atoms with Crippen LogP contribution in [-0.2, 0) is 0 Å². The lowest BCUT2D eigenvalue weighted by Crippen LogP contribution is -2.60. The highest BCUT2D eigenvalue weighted by Gasteiger charge is 2.66. The lowest BCUT2D eigenvalue weighted by molar-refractivity contribution is -0.132. The molecule has 168 valence electrons. The van der Waals surface area contributed by atoms with Gasteiger partial charge >= 0.3 is 0 Å². The van der Waals surface area contributed by atoms with Crippen LogP contribution in [0.1, 0.15) is 120 Å². The lowest BCUT2D eigenvalue weighted by Gasteiger charge is -2.68. The fourth-order valence-electron chi connectivity index (χ4n) is 9.98. The van der Waals surface area contributed by atoms with Crippen LogP contribution in [0, 0.1) is 44.8 Å². The molecular weight excluding hydrogens is 360 g/mol. The summed E-state index contributed by atoms with van der Waals surface area (Å²) < 4.78 is 0. The van der Waals surface area contributed by atoms with Crippen molar-refractivity contribution in [2.75, 3.05) is 0 Å². The van der Waals surface area contributed by atoms with E-state index >= 15 is 0 Å². The van der Waals surface area contributed by atoms with E-state index in [4.69, 9.17) is 0 Å². The minimum atomic E-state index is 0.426. The molecule has 7 atom stereocenters. The highest BCUT2D eigenvalue weighted by molar-refractivity contribution is 5.35. The fraction of sp³-hybridized carbons (Fsp3) is 0.867. The molecule has 0 N–H and O–H groups in total. The van der Waals surface area contributed by atoms with Gasteiger partial charge in [-0.25, -0.2) is 0 Å². The molecule has 5 aliphatic rings. The van der Waals surface area contributed by atoms with E-state index in [2.05, 4.69) is 61.5 Å². The fourth-order valence-corrected chi connectivity index (χ4v) is 9.98. The summed E-state index contributed by atoms with van der Waals surface area (Å²) in [4.78, 5) is 0. The molecule has 0 aromatic rings. The Morgan fingerprint density at radius 2 is 1.53 bits per heavy atom. The van der Waals surface area contributed by atoms with Crippen LogP contribution in [-0.4, -0.2) is 0 Å². The summed E-state index contributed by atoms with van der Waals surface area (Å²) in [6.07, 6.45) is 17.1. The van der Waals surface area contributed by atoms with Gasteiger partial charge in [-0.2, -0.15) is 0 Å². The number of hydrogen-bond donors (Lipinski definition) is 0. The van der Waals surface area contributed by atoms with Crippen LogP contribution in [0.2, 0.25) is 0 Å². The standard InChI is InChI=1S/C30H48/c1-20(2)21-11-13-28(6)22(21)12-14-30(8)25(28)10-9-23-24-19-26(3,4)15-16-27(24,5)17-18-29(23,30)7/h9,22,24-25H,10-19H2,1-8H3/t22-,24-,25+,27+,28-,29+,30+/m0/s1. The average molecular weight is 409 g/mol. The second-order valence-corrected chi connectivity index (χ2v) is 14.4. The SMILES string of the molecule is CC(C)=C1CC[C@]2(C)[C@H]3CC=C4[C@@H]5CC(C)(C)CC[C@]5(C)CC[C@@]4(C)[C@]3(C)CC[C@@H]12. The van der Waals surface area contributed by atoms with E-state index in [0.29, 0.717) is 27.1 Å². The normalized spacial score (nSPS) is 51.9. The Hall–Kier alpha value is -0.520. The molecule has 30 heavy (non-hydrogen) atoms. The largest absolute Gasteiger partial charge is 0.0841 e. The quantitative estimate of drug-likeness (QED) is 0.350. The van der Waals surface area contributed by atoms with Gasteiger partial charge in [0.1, 0.15) is 0 Å². The molecule has 0 nitrogen and oxygen atoms in total. The van der Waals surface area contributed by atoms with Gasteiger partial charge in [0.15, 0.2) is 0 Å². The molecule has 0 aliphatic heterocycles. The van der Waals surface area contributed by atoms with Crippen LogP contribution in [0.4, 0.5) is 0 Å². The lowest BCUT2D eigenvalue weighted by atomic mass is 9.36. The summed E-state index contributed by atoms with van der Waals surface area (Å²) in [6, 6.07) is 0. The van der Waals surface area contributed by atoms with Crippen LogP contribution in [0.15, 0.2) is 22.8 Å². The number of hydrogen-bond acceptors (Lipinski definition) is 0. The van der Waals surface area contributed by atoms with Crippen LogP contribution in [0.3, 0.4) is 0 Å². The Morgan fingerprint density at radius 3 is 2.23 bits per heavy atom. The van der Waals surface area contributed by atoms with E-state index in [-0.39, 0.29) is 0 Å². The number of rotatable bonds is 0. The molecule has 0 heteroatoms. The molecule has 5 aliphatic carbocycles. The van der Waals surface area contributed by atoms with Crippen LogP contribution < -0.4 is 0 Å². The first-order valence-electron chi connectivity index (χ1n) is 13.2. The summed E-state index contributed by atoms with van der Waals surface area (Å²) in [6.45, 7) is 20.7. The zero-order valence-corrected chi connectivity index (χ0v) is 21.4. The Kier molecular flexibility index (Phi) is 4.47. The van der Waals surface area contributed by atoms with Crippen molar-refractivity contribution < 1.29 is 0 Å². The predicted octanol–water partition coefficient (Wildman–Crippen LogP) is 9.12. The van der Waals surface area contributed by atoms with Gasteiger partial charge in [-0.05, 0) is 123 Å². The average Bonchev–Trinajstić information content (AvgIpc) is 3.01. The van der Waals surface area contributed by atoms with E-state index in [1.807, 2.05) is 11.1 Å². The highest BCUT2D eigenvalue weighted by atomic mass is 14.7. The Morgan fingerprint density at radius 1 is 0.833 bits per heavy atom. The van der Waals surface area contributed by atoms with E-state index in [1.165, 1.54) is 64.2 Å².